The average molecular weight is 321 g/mol. The van der Waals surface area contributed by atoms with Crippen molar-refractivity contribution >= 4 is 17.4 Å². The molecular formula is C16H23N3O2S. The summed E-state index contributed by atoms with van der Waals surface area (Å²) < 4.78 is 5.68. The Hall–Kier alpha value is -1.14. The minimum absolute atomic E-state index is 0.174. The maximum absolute atomic E-state index is 11.7. The lowest BCUT2D eigenvalue weighted by Gasteiger charge is -2.37. The van der Waals surface area contributed by atoms with Crippen molar-refractivity contribution in [3.8, 4) is 0 Å². The fraction of sp³-hybridized carbons (Fsp3) is 0.750. The second-order valence-corrected chi connectivity index (χ2v) is 8.07. The van der Waals surface area contributed by atoms with E-state index in [1.54, 1.807) is 4.90 Å². The Kier molecular flexibility index (Phi) is 3.61. The van der Waals surface area contributed by atoms with Gasteiger partial charge in [0.05, 0.1) is 18.8 Å². The molecule has 6 heteroatoms. The predicted molar refractivity (Wildman–Crippen MR) is 85.1 cm³/mol. The molecule has 0 bridgehead atoms. The molecule has 0 saturated carbocycles. The molecule has 2 fully saturated rings. The van der Waals surface area contributed by atoms with Crippen molar-refractivity contribution in [1.82, 2.24) is 14.8 Å². The summed E-state index contributed by atoms with van der Waals surface area (Å²) in [6.07, 6.45) is 6.85. The molecule has 1 spiro atoms. The van der Waals surface area contributed by atoms with Gasteiger partial charge in [-0.3, -0.25) is 4.90 Å². The van der Waals surface area contributed by atoms with Gasteiger partial charge < -0.3 is 9.64 Å². The number of piperidine rings is 1. The van der Waals surface area contributed by atoms with Gasteiger partial charge in [-0.1, -0.05) is 0 Å². The summed E-state index contributed by atoms with van der Waals surface area (Å²) in [4.78, 5) is 22.2. The van der Waals surface area contributed by atoms with Crippen LogP contribution in [0.1, 0.15) is 41.3 Å². The molecule has 1 aromatic heterocycles. The summed E-state index contributed by atoms with van der Waals surface area (Å²) in [6, 6.07) is 0. The minimum atomic E-state index is -0.291. The summed E-state index contributed by atoms with van der Waals surface area (Å²) in [5.41, 5.74) is 1.05. The van der Waals surface area contributed by atoms with Crippen LogP contribution >= 0.6 is 11.3 Å². The number of thiazole rings is 1. The zero-order valence-corrected chi connectivity index (χ0v) is 14.0. The molecule has 5 nitrogen and oxygen atoms in total. The second-order valence-electron chi connectivity index (χ2n) is 6.91. The number of aryl methyl sites for hydroxylation is 2. The topological polar surface area (TPSA) is 45.7 Å². The first kappa shape index (κ1) is 14.5. The SMILES string of the molecule is CN1C[C@@]2(CCCN(Cc3nc4c(s3)CCCC4)C2)OC1=O. The van der Waals surface area contributed by atoms with Crippen molar-refractivity contribution in [2.45, 2.75) is 50.7 Å². The number of aromatic nitrogens is 1. The van der Waals surface area contributed by atoms with Gasteiger partial charge in [0.15, 0.2) is 0 Å². The van der Waals surface area contributed by atoms with E-state index in [1.165, 1.54) is 34.8 Å². The molecule has 1 aromatic rings. The summed E-state index contributed by atoms with van der Waals surface area (Å²) in [7, 11) is 1.82. The van der Waals surface area contributed by atoms with Crippen LogP contribution < -0.4 is 0 Å². The zero-order chi connectivity index (χ0) is 15.2. The third kappa shape index (κ3) is 2.63. The van der Waals surface area contributed by atoms with E-state index in [-0.39, 0.29) is 11.7 Å². The van der Waals surface area contributed by atoms with Crippen LogP contribution in [-0.2, 0) is 24.1 Å². The number of ether oxygens (including phenoxy) is 1. The van der Waals surface area contributed by atoms with E-state index >= 15 is 0 Å². The molecule has 0 aromatic carbocycles. The van der Waals surface area contributed by atoms with E-state index in [9.17, 15) is 4.79 Å². The predicted octanol–water partition coefficient (Wildman–Crippen LogP) is 2.44. The number of likely N-dealkylation sites (tertiary alicyclic amines) is 1. The molecule has 2 saturated heterocycles. The van der Waals surface area contributed by atoms with Crippen molar-refractivity contribution in [3.63, 3.8) is 0 Å². The highest BCUT2D eigenvalue weighted by Gasteiger charge is 2.46. The standard InChI is InChI=1S/C16H23N3O2S/c1-18-10-16(21-15(18)20)7-4-8-19(11-16)9-14-17-12-5-2-3-6-13(12)22-14/h2-11H2,1H3/t16-/m1/s1. The molecule has 0 N–H and O–H groups in total. The van der Waals surface area contributed by atoms with Crippen LogP contribution in [-0.4, -0.2) is 53.2 Å². The maximum atomic E-state index is 11.7. The van der Waals surface area contributed by atoms with Gasteiger partial charge in [0.2, 0.25) is 0 Å². The van der Waals surface area contributed by atoms with Crippen molar-refractivity contribution in [2.24, 2.45) is 0 Å². The molecule has 1 amide bonds. The van der Waals surface area contributed by atoms with Gasteiger partial charge in [0.25, 0.3) is 0 Å². The number of nitrogens with zero attached hydrogens (tertiary/aromatic N) is 3. The monoisotopic (exact) mass is 321 g/mol. The molecular weight excluding hydrogens is 298 g/mol. The van der Waals surface area contributed by atoms with Gasteiger partial charge in [0, 0.05) is 18.5 Å². The first-order chi connectivity index (χ1) is 10.6. The van der Waals surface area contributed by atoms with E-state index in [4.69, 9.17) is 9.72 Å². The second kappa shape index (κ2) is 5.49. The summed E-state index contributed by atoms with van der Waals surface area (Å²) in [5.74, 6) is 0. The fourth-order valence-electron chi connectivity index (χ4n) is 3.99. The third-order valence-corrected chi connectivity index (χ3v) is 6.15. The number of likely N-dealkylation sites (N-methyl/N-ethyl adjacent to an activating group) is 1. The third-order valence-electron chi connectivity index (χ3n) is 5.01. The molecule has 22 heavy (non-hydrogen) atoms. The van der Waals surface area contributed by atoms with Crippen LogP contribution in [0.15, 0.2) is 0 Å². The van der Waals surface area contributed by atoms with Crippen LogP contribution in [0.2, 0.25) is 0 Å². The Labute approximate surface area is 135 Å². The van der Waals surface area contributed by atoms with Crippen LogP contribution in [0.5, 0.6) is 0 Å². The average Bonchev–Trinajstić information content (AvgIpc) is 3.00. The van der Waals surface area contributed by atoms with E-state index in [0.717, 1.165) is 45.4 Å². The van der Waals surface area contributed by atoms with Crippen LogP contribution in [0, 0.1) is 0 Å². The van der Waals surface area contributed by atoms with Gasteiger partial charge in [0.1, 0.15) is 10.6 Å². The Morgan fingerprint density at radius 2 is 2.14 bits per heavy atom. The Bertz CT molecular complexity index is 564. The molecule has 1 atom stereocenters. The number of fused-ring (bicyclic) bond motifs is 1. The van der Waals surface area contributed by atoms with Crippen LogP contribution in [0.4, 0.5) is 4.79 Å². The first-order valence-electron chi connectivity index (χ1n) is 8.27. The number of amides is 1. The van der Waals surface area contributed by atoms with Gasteiger partial charge in [-0.2, -0.15) is 0 Å². The summed E-state index contributed by atoms with van der Waals surface area (Å²) in [5, 5.41) is 1.24. The largest absolute Gasteiger partial charge is 0.440 e. The number of hydrogen-bond acceptors (Lipinski definition) is 5. The number of rotatable bonds is 2. The van der Waals surface area contributed by atoms with Gasteiger partial charge in [-0.25, -0.2) is 9.78 Å². The summed E-state index contributed by atoms with van der Waals surface area (Å²) >= 11 is 1.89. The molecule has 2 aliphatic heterocycles. The Morgan fingerprint density at radius 1 is 1.27 bits per heavy atom. The molecule has 4 rings (SSSR count). The van der Waals surface area contributed by atoms with E-state index < -0.39 is 0 Å². The van der Waals surface area contributed by atoms with E-state index in [2.05, 4.69) is 4.90 Å². The number of carbonyl (C=O) groups excluding carboxylic acids is 1. The summed E-state index contributed by atoms with van der Waals surface area (Å²) in [6.45, 7) is 3.54. The van der Waals surface area contributed by atoms with Gasteiger partial charge in [-0.15, -0.1) is 11.3 Å². The number of hydrogen-bond donors (Lipinski definition) is 0. The highest BCUT2D eigenvalue weighted by molar-refractivity contribution is 7.11. The van der Waals surface area contributed by atoms with Crippen LogP contribution in [0.3, 0.4) is 0 Å². The molecule has 120 valence electrons. The minimum Gasteiger partial charge on any atom is -0.440 e. The quantitative estimate of drug-likeness (QED) is 0.839. The first-order valence-corrected chi connectivity index (χ1v) is 9.09. The lowest BCUT2D eigenvalue weighted by Crippen LogP contribution is -2.50. The van der Waals surface area contributed by atoms with Crippen LogP contribution in [0.25, 0.3) is 0 Å². The van der Waals surface area contributed by atoms with Gasteiger partial charge >= 0.3 is 6.09 Å². The molecule has 0 radical (unpaired) electrons. The van der Waals surface area contributed by atoms with Crippen molar-refractivity contribution in [2.75, 3.05) is 26.7 Å². The molecule has 1 aliphatic carbocycles. The van der Waals surface area contributed by atoms with E-state index in [0.29, 0.717) is 0 Å². The smallest absolute Gasteiger partial charge is 0.410 e. The van der Waals surface area contributed by atoms with Crippen molar-refractivity contribution < 1.29 is 9.53 Å². The molecule has 3 aliphatic rings. The Balaban J connectivity index is 1.45. The van der Waals surface area contributed by atoms with Gasteiger partial charge in [-0.05, 0) is 45.1 Å². The zero-order valence-electron chi connectivity index (χ0n) is 13.1. The van der Waals surface area contributed by atoms with E-state index in [1.807, 2.05) is 18.4 Å². The molecule has 0 unspecified atom stereocenters. The molecule has 3 heterocycles. The lowest BCUT2D eigenvalue weighted by molar-refractivity contribution is -0.0113. The normalized spacial score (nSPS) is 29.0. The lowest BCUT2D eigenvalue weighted by atomic mass is 9.93. The highest BCUT2D eigenvalue weighted by atomic mass is 32.1. The maximum Gasteiger partial charge on any atom is 0.410 e. The number of carbonyl (C=O) groups is 1. The van der Waals surface area contributed by atoms with Crippen molar-refractivity contribution in [1.29, 1.82) is 0 Å². The fourth-order valence-corrected chi connectivity index (χ4v) is 5.19. The Morgan fingerprint density at radius 3 is 2.91 bits per heavy atom. The van der Waals surface area contributed by atoms with Crippen molar-refractivity contribution in [3.05, 3.63) is 15.6 Å². The highest BCUT2D eigenvalue weighted by Crippen LogP contribution is 2.33.